The van der Waals surface area contributed by atoms with Gasteiger partial charge >= 0.3 is 0 Å². The summed E-state index contributed by atoms with van der Waals surface area (Å²) in [4.78, 5) is 0. The van der Waals surface area contributed by atoms with Crippen LogP contribution >= 0.6 is 0 Å². The van der Waals surface area contributed by atoms with Gasteiger partial charge in [0.1, 0.15) is 0 Å². The SMILES string of the molecule is C=CCC(O)C(CC)C(C)O. The Hall–Kier alpha value is -0.340. The number of rotatable bonds is 5. The first-order chi connectivity index (χ1) is 5.13. The predicted molar refractivity (Wildman–Crippen MR) is 46.3 cm³/mol. The first-order valence-electron chi connectivity index (χ1n) is 4.10. The molecule has 66 valence electrons. The fourth-order valence-corrected chi connectivity index (χ4v) is 1.28. The highest BCUT2D eigenvalue weighted by atomic mass is 16.3. The zero-order valence-corrected chi connectivity index (χ0v) is 7.33. The lowest BCUT2D eigenvalue weighted by Gasteiger charge is -2.22. The third-order valence-electron chi connectivity index (χ3n) is 1.99. The molecule has 0 saturated heterocycles. The van der Waals surface area contributed by atoms with Crippen molar-refractivity contribution in [2.45, 2.75) is 38.9 Å². The summed E-state index contributed by atoms with van der Waals surface area (Å²) in [7, 11) is 0. The number of aliphatic hydroxyl groups is 2. The molecule has 0 saturated carbocycles. The number of hydrogen-bond acceptors (Lipinski definition) is 2. The first kappa shape index (κ1) is 10.7. The zero-order chi connectivity index (χ0) is 8.85. The second kappa shape index (κ2) is 5.33. The Morgan fingerprint density at radius 3 is 2.27 bits per heavy atom. The van der Waals surface area contributed by atoms with Crippen molar-refractivity contribution >= 4 is 0 Å². The third-order valence-corrected chi connectivity index (χ3v) is 1.99. The van der Waals surface area contributed by atoms with Crippen LogP contribution in [0.1, 0.15) is 26.7 Å². The minimum atomic E-state index is -0.447. The van der Waals surface area contributed by atoms with Crippen LogP contribution in [-0.4, -0.2) is 22.4 Å². The van der Waals surface area contributed by atoms with E-state index in [1.807, 2.05) is 6.92 Å². The average Bonchev–Trinajstić information content (AvgIpc) is 1.88. The van der Waals surface area contributed by atoms with Crippen LogP contribution in [0.25, 0.3) is 0 Å². The third kappa shape index (κ3) is 3.54. The molecule has 0 fully saturated rings. The minimum absolute atomic E-state index is 0.0204. The molecule has 0 radical (unpaired) electrons. The lowest BCUT2D eigenvalue weighted by atomic mass is 9.92. The average molecular weight is 158 g/mol. The molecular weight excluding hydrogens is 140 g/mol. The summed E-state index contributed by atoms with van der Waals surface area (Å²) < 4.78 is 0. The molecule has 3 unspecified atom stereocenters. The second-order valence-corrected chi connectivity index (χ2v) is 2.90. The quantitative estimate of drug-likeness (QED) is 0.593. The standard InChI is InChI=1S/C9H18O2/c1-4-6-9(11)8(5-2)7(3)10/h4,7-11H,1,5-6H2,2-3H3. The molecule has 11 heavy (non-hydrogen) atoms. The van der Waals surface area contributed by atoms with Crippen molar-refractivity contribution in [3.05, 3.63) is 12.7 Å². The highest BCUT2D eigenvalue weighted by molar-refractivity contribution is 4.79. The van der Waals surface area contributed by atoms with Crippen molar-refractivity contribution in [1.82, 2.24) is 0 Å². The molecule has 0 aliphatic carbocycles. The summed E-state index contributed by atoms with van der Waals surface area (Å²) in [5, 5.41) is 18.7. The molecule has 0 heterocycles. The van der Waals surface area contributed by atoms with Crippen LogP contribution in [0.15, 0.2) is 12.7 Å². The van der Waals surface area contributed by atoms with Gasteiger partial charge in [0, 0.05) is 5.92 Å². The summed E-state index contributed by atoms with van der Waals surface area (Å²) in [5.41, 5.74) is 0. The van der Waals surface area contributed by atoms with Gasteiger partial charge in [0.25, 0.3) is 0 Å². The monoisotopic (exact) mass is 158 g/mol. The van der Waals surface area contributed by atoms with Gasteiger partial charge in [-0.05, 0) is 19.8 Å². The van der Waals surface area contributed by atoms with E-state index in [4.69, 9.17) is 0 Å². The molecule has 0 bridgehead atoms. The van der Waals surface area contributed by atoms with E-state index in [1.54, 1.807) is 13.0 Å². The summed E-state index contributed by atoms with van der Waals surface area (Å²) in [5.74, 6) is -0.0204. The fourth-order valence-electron chi connectivity index (χ4n) is 1.28. The molecular formula is C9H18O2. The Labute approximate surface area is 68.6 Å². The van der Waals surface area contributed by atoms with Crippen molar-refractivity contribution in [2.75, 3.05) is 0 Å². The second-order valence-electron chi connectivity index (χ2n) is 2.90. The van der Waals surface area contributed by atoms with E-state index >= 15 is 0 Å². The fraction of sp³-hybridized carbons (Fsp3) is 0.778. The van der Waals surface area contributed by atoms with Gasteiger partial charge in [-0.3, -0.25) is 0 Å². The van der Waals surface area contributed by atoms with Crippen LogP contribution < -0.4 is 0 Å². The topological polar surface area (TPSA) is 40.5 Å². The summed E-state index contributed by atoms with van der Waals surface area (Å²) in [6.07, 6.45) is 2.15. The highest BCUT2D eigenvalue weighted by Crippen LogP contribution is 2.16. The molecule has 0 rings (SSSR count). The largest absolute Gasteiger partial charge is 0.393 e. The summed E-state index contributed by atoms with van der Waals surface area (Å²) in [6, 6.07) is 0. The van der Waals surface area contributed by atoms with Crippen molar-refractivity contribution in [1.29, 1.82) is 0 Å². The molecule has 2 heteroatoms. The summed E-state index contributed by atoms with van der Waals surface area (Å²) in [6.45, 7) is 7.21. The molecule has 2 nitrogen and oxygen atoms in total. The Morgan fingerprint density at radius 1 is 1.45 bits per heavy atom. The molecule has 0 spiro atoms. The van der Waals surface area contributed by atoms with Crippen molar-refractivity contribution in [3.63, 3.8) is 0 Å². The molecule has 0 aliphatic heterocycles. The lowest BCUT2D eigenvalue weighted by molar-refractivity contribution is 0.0216. The Morgan fingerprint density at radius 2 is 2.00 bits per heavy atom. The van der Waals surface area contributed by atoms with Crippen molar-refractivity contribution < 1.29 is 10.2 Å². The van der Waals surface area contributed by atoms with E-state index in [9.17, 15) is 10.2 Å². The van der Waals surface area contributed by atoms with Crippen LogP contribution in [-0.2, 0) is 0 Å². The molecule has 0 aliphatic rings. The van der Waals surface area contributed by atoms with E-state index < -0.39 is 12.2 Å². The van der Waals surface area contributed by atoms with Gasteiger partial charge < -0.3 is 10.2 Å². The van der Waals surface area contributed by atoms with E-state index in [1.165, 1.54) is 0 Å². The van der Waals surface area contributed by atoms with Crippen LogP contribution in [0.4, 0.5) is 0 Å². The number of aliphatic hydroxyl groups excluding tert-OH is 2. The van der Waals surface area contributed by atoms with Gasteiger partial charge in [0.05, 0.1) is 12.2 Å². The van der Waals surface area contributed by atoms with Crippen LogP contribution in [0, 0.1) is 5.92 Å². The smallest absolute Gasteiger partial charge is 0.0627 e. The van der Waals surface area contributed by atoms with E-state index in [2.05, 4.69) is 6.58 Å². The molecule has 0 aromatic rings. The maximum atomic E-state index is 9.45. The van der Waals surface area contributed by atoms with E-state index in [0.717, 1.165) is 6.42 Å². The van der Waals surface area contributed by atoms with Gasteiger partial charge in [0.2, 0.25) is 0 Å². The number of hydrogen-bond donors (Lipinski definition) is 2. The van der Waals surface area contributed by atoms with Crippen molar-refractivity contribution in [2.24, 2.45) is 5.92 Å². The molecule has 0 aromatic carbocycles. The van der Waals surface area contributed by atoms with E-state index in [-0.39, 0.29) is 5.92 Å². The molecule has 0 aromatic heterocycles. The van der Waals surface area contributed by atoms with Gasteiger partial charge in [-0.15, -0.1) is 6.58 Å². The maximum absolute atomic E-state index is 9.45. The molecule has 3 atom stereocenters. The lowest BCUT2D eigenvalue weighted by Crippen LogP contribution is -2.28. The predicted octanol–water partition coefficient (Wildman–Crippen LogP) is 1.33. The first-order valence-corrected chi connectivity index (χ1v) is 4.10. The van der Waals surface area contributed by atoms with E-state index in [0.29, 0.717) is 6.42 Å². The van der Waals surface area contributed by atoms with Gasteiger partial charge in [0.15, 0.2) is 0 Å². The Balaban J connectivity index is 3.90. The zero-order valence-electron chi connectivity index (χ0n) is 7.33. The highest BCUT2D eigenvalue weighted by Gasteiger charge is 2.20. The Bertz CT molecular complexity index is 110. The molecule has 2 N–H and O–H groups in total. The van der Waals surface area contributed by atoms with Crippen LogP contribution in [0.5, 0.6) is 0 Å². The van der Waals surface area contributed by atoms with Gasteiger partial charge in [-0.2, -0.15) is 0 Å². The normalized spacial score (nSPS) is 18.9. The van der Waals surface area contributed by atoms with Gasteiger partial charge in [-0.25, -0.2) is 0 Å². The van der Waals surface area contributed by atoms with Crippen LogP contribution in [0.2, 0.25) is 0 Å². The van der Waals surface area contributed by atoms with Crippen LogP contribution in [0.3, 0.4) is 0 Å². The maximum Gasteiger partial charge on any atom is 0.0627 e. The summed E-state index contributed by atoms with van der Waals surface area (Å²) >= 11 is 0. The Kier molecular flexibility index (Phi) is 5.16. The van der Waals surface area contributed by atoms with Gasteiger partial charge in [-0.1, -0.05) is 13.0 Å². The molecule has 0 amide bonds. The van der Waals surface area contributed by atoms with Crippen molar-refractivity contribution in [3.8, 4) is 0 Å². The minimum Gasteiger partial charge on any atom is -0.393 e.